The van der Waals surface area contributed by atoms with E-state index in [9.17, 15) is 0 Å². The molecule has 0 saturated carbocycles. The van der Waals surface area contributed by atoms with Gasteiger partial charge >= 0.3 is 0 Å². The van der Waals surface area contributed by atoms with Gasteiger partial charge in [-0.2, -0.15) is 0 Å². The molecule has 1 N–H and O–H groups in total. The molecular formula is C15H33N. The summed E-state index contributed by atoms with van der Waals surface area (Å²) in [7, 11) is 0. The maximum absolute atomic E-state index is 3.56. The largest absolute Gasteiger partial charge is 0.316 e. The van der Waals surface area contributed by atoms with Gasteiger partial charge in [0, 0.05) is 0 Å². The molecule has 0 radical (unpaired) electrons. The van der Waals surface area contributed by atoms with Gasteiger partial charge in [-0.3, -0.25) is 0 Å². The summed E-state index contributed by atoms with van der Waals surface area (Å²) in [5.41, 5.74) is 0. The van der Waals surface area contributed by atoms with Gasteiger partial charge in [-0.05, 0) is 36.8 Å². The van der Waals surface area contributed by atoms with Crippen LogP contribution in [0.4, 0.5) is 0 Å². The molecular weight excluding hydrogens is 194 g/mol. The first-order valence-electron chi connectivity index (χ1n) is 7.14. The molecule has 0 aliphatic carbocycles. The molecule has 0 aliphatic rings. The smallest absolute Gasteiger partial charge is 0.00205 e. The Morgan fingerprint density at radius 3 is 1.81 bits per heavy atom. The highest BCUT2D eigenvalue weighted by Crippen LogP contribution is 2.19. The fourth-order valence-corrected chi connectivity index (χ4v) is 1.93. The van der Waals surface area contributed by atoms with Crippen LogP contribution < -0.4 is 5.32 Å². The van der Waals surface area contributed by atoms with Crippen molar-refractivity contribution >= 4 is 0 Å². The van der Waals surface area contributed by atoms with E-state index in [1.54, 1.807) is 0 Å². The molecule has 0 spiro atoms. The first kappa shape index (κ1) is 16.0. The lowest BCUT2D eigenvalue weighted by Gasteiger charge is -2.21. The van der Waals surface area contributed by atoms with Crippen molar-refractivity contribution in [2.75, 3.05) is 13.1 Å². The topological polar surface area (TPSA) is 12.0 Å². The normalized spacial score (nSPS) is 15.8. The molecule has 1 nitrogen and oxygen atoms in total. The second-order valence-corrected chi connectivity index (χ2v) is 6.33. The summed E-state index contributed by atoms with van der Waals surface area (Å²) >= 11 is 0. The summed E-state index contributed by atoms with van der Waals surface area (Å²) in [5.74, 6) is 3.30. The van der Waals surface area contributed by atoms with E-state index in [0.29, 0.717) is 0 Å². The third kappa shape index (κ3) is 9.21. The fourth-order valence-electron chi connectivity index (χ4n) is 1.93. The molecule has 0 saturated heterocycles. The zero-order valence-corrected chi connectivity index (χ0v) is 12.3. The Morgan fingerprint density at radius 1 is 0.688 bits per heavy atom. The van der Waals surface area contributed by atoms with Crippen molar-refractivity contribution in [1.29, 1.82) is 0 Å². The van der Waals surface area contributed by atoms with Crippen LogP contribution in [0, 0.1) is 23.7 Å². The minimum Gasteiger partial charge on any atom is -0.316 e. The van der Waals surface area contributed by atoms with E-state index < -0.39 is 0 Å². The van der Waals surface area contributed by atoms with Crippen LogP contribution in [-0.4, -0.2) is 13.1 Å². The number of rotatable bonds is 9. The maximum atomic E-state index is 3.56. The predicted molar refractivity (Wildman–Crippen MR) is 74.7 cm³/mol. The van der Waals surface area contributed by atoms with Gasteiger partial charge in [0.1, 0.15) is 0 Å². The fraction of sp³-hybridized carbons (Fsp3) is 1.00. The van der Waals surface area contributed by atoms with Crippen molar-refractivity contribution in [2.24, 2.45) is 23.7 Å². The Morgan fingerprint density at radius 2 is 1.31 bits per heavy atom. The molecule has 0 rings (SSSR count). The van der Waals surface area contributed by atoms with Crippen molar-refractivity contribution < 1.29 is 0 Å². The Balaban J connectivity index is 3.52. The molecule has 0 bridgehead atoms. The van der Waals surface area contributed by atoms with Gasteiger partial charge in [0.15, 0.2) is 0 Å². The van der Waals surface area contributed by atoms with E-state index in [-0.39, 0.29) is 0 Å². The number of hydrogen-bond acceptors (Lipinski definition) is 1. The van der Waals surface area contributed by atoms with Crippen molar-refractivity contribution in [3.8, 4) is 0 Å². The number of nitrogens with one attached hydrogen (secondary N) is 1. The van der Waals surface area contributed by atoms with E-state index in [1.807, 2.05) is 0 Å². The van der Waals surface area contributed by atoms with Crippen LogP contribution in [0.25, 0.3) is 0 Å². The van der Waals surface area contributed by atoms with E-state index in [0.717, 1.165) is 30.2 Å². The van der Waals surface area contributed by atoms with E-state index in [4.69, 9.17) is 0 Å². The van der Waals surface area contributed by atoms with Crippen LogP contribution in [0.5, 0.6) is 0 Å². The highest BCUT2D eigenvalue weighted by atomic mass is 14.9. The summed E-state index contributed by atoms with van der Waals surface area (Å²) in [5, 5.41) is 3.56. The molecule has 1 heteroatoms. The summed E-state index contributed by atoms with van der Waals surface area (Å²) in [6, 6.07) is 0. The molecule has 2 atom stereocenters. The predicted octanol–water partition coefficient (Wildman–Crippen LogP) is 4.33. The van der Waals surface area contributed by atoms with Gasteiger partial charge in [0.05, 0.1) is 0 Å². The Bertz CT molecular complexity index is 134. The van der Waals surface area contributed by atoms with Crippen LogP contribution in [0.2, 0.25) is 0 Å². The van der Waals surface area contributed by atoms with Crippen molar-refractivity contribution in [3.63, 3.8) is 0 Å². The van der Waals surface area contributed by atoms with Crippen LogP contribution in [0.3, 0.4) is 0 Å². The van der Waals surface area contributed by atoms with Crippen molar-refractivity contribution in [2.45, 2.75) is 60.8 Å². The highest BCUT2D eigenvalue weighted by Gasteiger charge is 2.11. The summed E-state index contributed by atoms with van der Waals surface area (Å²) in [4.78, 5) is 0. The molecule has 0 fully saturated rings. The second kappa shape index (κ2) is 9.04. The molecule has 0 heterocycles. The van der Waals surface area contributed by atoms with Gasteiger partial charge < -0.3 is 5.32 Å². The summed E-state index contributed by atoms with van der Waals surface area (Å²) in [6.45, 7) is 16.3. The third-order valence-corrected chi connectivity index (χ3v) is 3.43. The van der Waals surface area contributed by atoms with Crippen LogP contribution >= 0.6 is 0 Å². The highest BCUT2D eigenvalue weighted by molar-refractivity contribution is 4.66. The molecule has 0 amide bonds. The molecule has 2 unspecified atom stereocenters. The average Bonchev–Trinajstić information content (AvgIpc) is 2.16. The Labute approximate surface area is 103 Å². The molecule has 98 valence electrons. The molecule has 0 aromatic rings. The van der Waals surface area contributed by atoms with Crippen molar-refractivity contribution in [3.05, 3.63) is 0 Å². The SMILES string of the molecule is CC(C)CCCC(C)C(C)CNCC(C)C. The van der Waals surface area contributed by atoms with Gasteiger partial charge in [-0.25, -0.2) is 0 Å². The second-order valence-electron chi connectivity index (χ2n) is 6.33. The van der Waals surface area contributed by atoms with E-state index in [2.05, 4.69) is 46.9 Å². The Hall–Kier alpha value is -0.0400. The Kier molecular flexibility index (Phi) is 9.02. The lowest BCUT2D eigenvalue weighted by Crippen LogP contribution is -2.28. The summed E-state index contributed by atoms with van der Waals surface area (Å²) < 4.78 is 0. The van der Waals surface area contributed by atoms with Crippen LogP contribution in [-0.2, 0) is 0 Å². The average molecular weight is 227 g/mol. The molecule has 16 heavy (non-hydrogen) atoms. The van der Waals surface area contributed by atoms with Crippen molar-refractivity contribution in [1.82, 2.24) is 5.32 Å². The number of hydrogen-bond donors (Lipinski definition) is 1. The van der Waals surface area contributed by atoms with Gasteiger partial charge in [-0.1, -0.05) is 60.8 Å². The minimum absolute atomic E-state index is 0.767. The standard InChI is InChI=1S/C15H33N/c1-12(2)8-7-9-14(5)15(6)11-16-10-13(3)4/h12-16H,7-11H2,1-6H3. The lowest BCUT2D eigenvalue weighted by atomic mass is 9.89. The summed E-state index contributed by atoms with van der Waals surface area (Å²) in [6.07, 6.45) is 4.17. The monoisotopic (exact) mass is 227 g/mol. The van der Waals surface area contributed by atoms with Gasteiger partial charge in [0.25, 0.3) is 0 Å². The first-order valence-corrected chi connectivity index (χ1v) is 7.14. The lowest BCUT2D eigenvalue weighted by molar-refractivity contribution is 0.326. The zero-order chi connectivity index (χ0) is 12.6. The molecule has 0 aromatic heterocycles. The van der Waals surface area contributed by atoms with Crippen LogP contribution in [0.1, 0.15) is 60.8 Å². The van der Waals surface area contributed by atoms with Gasteiger partial charge in [0.2, 0.25) is 0 Å². The maximum Gasteiger partial charge on any atom is -0.00205 e. The quantitative estimate of drug-likeness (QED) is 0.618. The molecule has 0 aromatic carbocycles. The van der Waals surface area contributed by atoms with Crippen LogP contribution in [0.15, 0.2) is 0 Å². The van der Waals surface area contributed by atoms with E-state index in [1.165, 1.54) is 25.8 Å². The minimum atomic E-state index is 0.767. The first-order chi connectivity index (χ1) is 7.43. The zero-order valence-electron chi connectivity index (χ0n) is 12.3. The third-order valence-electron chi connectivity index (χ3n) is 3.43. The van der Waals surface area contributed by atoms with E-state index >= 15 is 0 Å². The van der Waals surface area contributed by atoms with Gasteiger partial charge in [-0.15, -0.1) is 0 Å². The molecule has 0 aliphatic heterocycles.